The van der Waals surface area contributed by atoms with Crippen molar-refractivity contribution in [2.75, 3.05) is 34.1 Å². The highest BCUT2D eigenvalue weighted by atomic mass is 32.2. The van der Waals surface area contributed by atoms with Crippen LogP contribution in [0, 0.1) is 0 Å². The largest absolute Gasteiger partial charge is 0.493 e. The van der Waals surface area contributed by atoms with Gasteiger partial charge in [-0.25, -0.2) is 0 Å². The van der Waals surface area contributed by atoms with Crippen LogP contribution < -0.4 is 14.8 Å². The Balaban J connectivity index is 3.22. The fourth-order valence-corrected chi connectivity index (χ4v) is 2.50. The monoisotopic (exact) mass is 257 g/mol. The number of aliphatic hydroxyl groups excluding tert-OH is 1. The third kappa shape index (κ3) is 3.06. The molecule has 0 aliphatic rings. The maximum atomic E-state index is 10.0. The van der Waals surface area contributed by atoms with Gasteiger partial charge in [0.05, 0.1) is 25.2 Å². The van der Waals surface area contributed by atoms with Gasteiger partial charge in [-0.15, -0.1) is 11.8 Å². The molecule has 1 aromatic rings. The summed E-state index contributed by atoms with van der Waals surface area (Å²) in [5, 5.41) is 13.0. The van der Waals surface area contributed by atoms with Crippen molar-refractivity contribution in [3.8, 4) is 11.5 Å². The van der Waals surface area contributed by atoms with Crippen LogP contribution in [0.2, 0.25) is 0 Å². The van der Waals surface area contributed by atoms with Crippen molar-refractivity contribution in [2.24, 2.45) is 0 Å². The Hall–Kier alpha value is -0.910. The first kappa shape index (κ1) is 14.2. The molecule has 1 rings (SSSR count). The van der Waals surface area contributed by atoms with Crippen molar-refractivity contribution >= 4 is 11.8 Å². The summed E-state index contributed by atoms with van der Waals surface area (Å²) >= 11 is 1.54. The molecule has 0 saturated carbocycles. The number of aliphatic hydroxyl groups is 1. The second-order valence-electron chi connectivity index (χ2n) is 3.50. The van der Waals surface area contributed by atoms with E-state index in [4.69, 9.17) is 9.47 Å². The van der Waals surface area contributed by atoms with Crippen LogP contribution in [0.15, 0.2) is 17.0 Å². The number of likely N-dealkylation sites (N-methyl/N-ethyl adjacent to an activating group) is 1. The number of benzene rings is 1. The normalized spacial score (nSPS) is 12.3. The van der Waals surface area contributed by atoms with Crippen molar-refractivity contribution in [3.63, 3.8) is 0 Å². The zero-order chi connectivity index (χ0) is 12.8. The Bertz CT molecular complexity index is 371. The Labute approximate surface area is 106 Å². The highest BCUT2D eigenvalue weighted by molar-refractivity contribution is 7.98. The number of rotatable bonds is 6. The van der Waals surface area contributed by atoms with Crippen LogP contribution in [-0.2, 0) is 0 Å². The highest BCUT2D eigenvalue weighted by Gasteiger charge is 2.18. The molecule has 0 aromatic heterocycles. The molecule has 0 saturated heterocycles. The van der Waals surface area contributed by atoms with E-state index in [2.05, 4.69) is 5.32 Å². The first-order valence-electron chi connectivity index (χ1n) is 5.31. The smallest absolute Gasteiger partial charge is 0.174 e. The van der Waals surface area contributed by atoms with E-state index in [0.29, 0.717) is 18.0 Å². The van der Waals surface area contributed by atoms with Gasteiger partial charge in [0, 0.05) is 6.54 Å². The lowest BCUT2D eigenvalue weighted by molar-refractivity contribution is 0.174. The van der Waals surface area contributed by atoms with Gasteiger partial charge in [0.25, 0.3) is 0 Å². The molecule has 0 aliphatic carbocycles. The van der Waals surface area contributed by atoms with Crippen molar-refractivity contribution in [3.05, 3.63) is 17.7 Å². The molecule has 0 aliphatic heterocycles. The van der Waals surface area contributed by atoms with E-state index in [1.54, 1.807) is 14.2 Å². The number of hydrogen-bond acceptors (Lipinski definition) is 5. The molecule has 1 atom stereocenters. The molecule has 4 nitrogen and oxygen atoms in total. The van der Waals surface area contributed by atoms with Crippen molar-refractivity contribution in [1.29, 1.82) is 0 Å². The number of ether oxygens (including phenoxy) is 2. The van der Waals surface area contributed by atoms with Crippen molar-refractivity contribution in [1.82, 2.24) is 5.32 Å². The summed E-state index contributed by atoms with van der Waals surface area (Å²) in [6.07, 6.45) is 1.40. The number of hydrogen-bond donors (Lipinski definition) is 2. The fourth-order valence-electron chi connectivity index (χ4n) is 1.69. The average Bonchev–Trinajstić information content (AvgIpc) is 2.36. The van der Waals surface area contributed by atoms with Crippen LogP contribution >= 0.6 is 11.8 Å². The van der Waals surface area contributed by atoms with Crippen LogP contribution in [0.1, 0.15) is 11.7 Å². The Morgan fingerprint density at radius 3 is 2.53 bits per heavy atom. The number of thioether (sulfide) groups is 1. The molecule has 2 N–H and O–H groups in total. The SMILES string of the molecule is CNCC(O)c1ccc(OC)c(OC)c1SC. The zero-order valence-electron chi connectivity index (χ0n) is 10.6. The standard InChI is InChI=1S/C12H19NO3S/c1-13-7-9(14)8-5-6-10(15-2)11(16-3)12(8)17-4/h5-6,9,13-14H,7H2,1-4H3. The minimum absolute atomic E-state index is 0.503. The lowest BCUT2D eigenvalue weighted by Crippen LogP contribution is -2.17. The fraction of sp³-hybridized carbons (Fsp3) is 0.500. The summed E-state index contributed by atoms with van der Waals surface area (Å²) in [6, 6.07) is 3.68. The molecule has 0 heterocycles. The van der Waals surface area contributed by atoms with Crippen LogP contribution in [-0.4, -0.2) is 39.2 Å². The predicted octanol–water partition coefficient (Wildman–Crippen LogP) is 1.68. The number of methoxy groups -OCH3 is 2. The van der Waals surface area contributed by atoms with Gasteiger partial charge in [-0.1, -0.05) is 6.07 Å². The topological polar surface area (TPSA) is 50.7 Å². The summed E-state index contributed by atoms with van der Waals surface area (Å²) in [5.74, 6) is 1.35. The quantitative estimate of drug-likeness (QED) is 0.759. The second kappa shape index (κ2) is 6.74. The van der Waals surface area contributed by atoms with E-state index >= 15 is 0 Å². The maximum Gasteiger partial charge on any atom is 0.174 e. The summed E-state index contributed by atoms with van der Waals surface area (Å²) in [7, 11) is 5.01. The van der Waals surface area contributed by atoms with Crippen molar-refractivity contribution in [2.45, 2.75) is 11.0 Å². The molecule has 1 aromatic carbocycles. The molecule has 1 unspecified atom stereocenters. The van der Waals surface area contributed by atoms with Crippen LogP contribution in [0.4, 0.5) is 0 Å². The van der Waals surface area contributed by atoms with Crippen LogP contribution in [0.3, 0.4) is 0 Å². The molecule has 5 heteroatoms. The van der Waals surface area contributed by atoms with Crippen LogP contribution in [0.5, 0.6) is 11.5 Å². The minimum atomic E-state index is -0.553. The first-order valence-corrected chi connectivity index (χ1v) is 6.53. The van der Waals surface area contributed by atoms with Gasteiger partial charge >= 0.3 is 0 Å². The van der Waals surface area contributed by atoms with Crippen molar-refractivity contribution < 1.29 is 14.6 Å². The van der Waals surface area contributed by atoms with Gasteiger partial charge in [-0.3, -0.25) is 0 Å². The molecule has 96 valence electrons. The van der Waals surface area contributed by atoms with E-state index in [9.17, 15) is 5.11 Å². The highest BCUT2D eigenvalue weighted by Crippen LogP contribution is 2.41. The summed E-state index contributed by atoms with van der Waals surface area (Å²) in [6.45, 7) is 0.503. The molecule has 0 spiro atoms. The van der Waals surface area contributed by atoms with Gasteiger partial charge in [0.2, 0.25) is 0 Å². The van der Waals surface area contributed by atoms with E-state index in [1.807, 2.05) is 25.4 Å². The molecule has 0 amide bonds. The molecule has 0 fully saturated rings. The summed E-state index contributed by atoms with van der Waals surface area (Å²) in [5.41, 5.74) is 0.851. The third-order valence-corrected chi connectivity index (χ3v) is 3.32. The first-order chi connectivity index (χ1) is 8.19. The Morgan fingerprint density at radius 1 is 1.35 bits per heavy atom. The lowest BCUT2D eigenvalue weighted by Gasteiger charge is -2.18. The van der Waals surface area contributed by atoms with E-state index in [1.165, 1.54) is 11.8 Å². The Morgan fingerprint density at radius 2 is 2.06 bits per heavy atom. The van der Waals surface area contributed by atoms with Gasteiger partial charge in [-0.05, 0) is 24.9 Å². The van der Waals surface area contributed by atoms with E-state index in [0.717, 1.165) is 10.5 Å². The minimum Gasteiger partial charge on any atom is -0.493 e. The number of nitrogens with one attached hydrogen (secondary N) is 1. The lowest BCUT2D eigenvalue weighted by atomic mass is 10.1. The summed E-state index contributed by atoms with van der Waals surface area (Å²) < 4.78 is 10.6. The van der Waals surface area contributed by atoms with Gasteiger partial charge in [0.1, 0.15) is 0 Å². The van der Waals surface area contributed by atoms with E-state index in [-0.39, 0.29) is 0 Å². The third-order valence-electron chi connectivity index (χ3n) is 2.49. The average molecular weight is 257 g/mol. The molecule has 0 radical (unpaired) electrons. The second-order valence-corrected chi connectivity index (χ2v) is 4.31. The van der Waals surface area contributed by atoms with Gasteiger partial charge in [-0.2, -0.15) is 0 Å². The summed E-state index contributed by atoms with van der Waals surface area (Å²) in [4.78, 5) is 0.912. The van der Waals surface area contributed by atoms with Crippen LogP contribution in [0.25, 0.3) is 0 Å². The Kier molecular flexibility index (Phi) is 5.61. The molecule has 17 heavy (non-hydrogen) atoms. The molecular formula is C12H19NO3S. The maximum absolute atomic E-state index is 10.0. The van der Waals surface area contributed by atoms with E-state index < -0.39 is 6.10 Å². The molecular weight excluding hydrogens is 238 g/mol. The zero-order valence-corrected chi connectivity index (χ0v) is 11.4. The predicted molar refractivity (Wildman–Crippen MR) is 70.2 cm³/mol. The molecule has 0 bridgehead atoms. The van der Waals surface area contributed by atoms with Gasteiger partial charge in [0.15, 0.2) is 11.5 Å². The van der Waals surface area contributed by atoms with Gasteiger partial charge < -0.3 is 19.9 Å².